The number of amides is 3. The van der Waals surface area contributed by atoms with Gasteiger partial charge in [0.15, 0.2) is 6.61 Å². The molecule has 3 rings (SSSR count). The number of carbonyl (C=O) groups is 3. The van der Waals surface area contributed by atoms with E-state index in [2.05, 4.69) is 21.2 Å². The maximum absolute atomic E-state index is 12.1. The second kappa shape index (κ2) is 12.0. The van der Waals surface area contributed by atoms with Crippen LogP contribution in [0.4, 0.5) is 5.69 Å². The van der Waals surface area contributed by atoms with Crippen molar-refractivity contribution in [2.45, 2.75) is 20.4 Å². The molecule has 0 aliphatic heterocycles. The summed E-state index contributed by atoms with van der Waals surface area (Å²) in [7, 11) is 0. The predicted molar refractivity (Wildman–Crippen MR) is 131 cm³/mol. The number of rotatable bonds is 8. The number of nitrogens with one attached hydrogen (secondary N) is 3. The summed E-state index contributed by atoms with van der Waals surface area (Å²) >= 11 is 0. The minimum absolute atomic E-state index is 0.105. The minimum Gasteiger partial charge on any atom is -0.484 e. The van der Waals surface area contributed by atoms with E-state index in [1.807, 2.05) is 62.4 Å². The van der Waals surface area contributed by atoms with E-state index in [4.69, 9.17) is 4.74 Å². The highest BCUT2D eigenvalue weighted by atomic mass is 16.5. The normalized spacial score (nSPS) is 10.5. The Balaban J connectivity index is 1.42. The van der Waals surface area contributed by atoms with Crippen LogP contribution in [0.15, 0.2) is 77.9 Å². The first-order chi connectivity index (χ1) is 16.4. The van der Waals surface area contributed by atoms with E-state index in [1.165, 1.54) is 6.21 Å². The molecule has 8 nitrogen and oxygen atoms in total. The van der Waals surface area contributed by atoms with Gasteiger partial charge >= 0.3 is 11.8 Å². The molecule has 0 spiro atoms. The molecule has 0 saturated carbocycles. The number of para-hydroxylation sites is 1. The van der Waals surface area contributed by atoms with E-state index in [0.717, 1.165) is 16.7 Å². The van der Waals surface area contributed by atoms with E-state index in [-0.39, 0.29) is 12.5 Å². The van der Waals surface area contributed by atoms with Crippen LogP contribution in [-0.2, 0) is 20.9 Å². The van der Waals surface area contributed by atoms with Crippen LogP contribution in [0.5, 0.6) is 5.75 Å². The first-order valence-corrected chi connectivity index (χ1v) is 10.7. The lowest BCUT2D eigenvalue weighted by Gasteiger charge is -2.10. The second-order valence-electron chi connectivity index (χ2n) is 7.54. The van der Waals surface area contributed by atoms with Crippen molar-refractivity contribution in [1.29, 1.82) is 0 Å². The average Bonchev–Trinajstić information content (AvgIpc) is 2.85. The zero-order valence-electron chi connectivity index (χ0n) is 19.0. The fourth-order valence-corrected chi connectivity index (χ4v) is 3.04. The van der Waals surface area contributed by atoms with Gasteiger partial charge in [0.1, 0.15) is 5.75 Å². The Morgan fingerprint density at radius 2 is 1.53 bits per heavy atom. The van der Waals surface area contributed by atoms with Crippen molar-refractivity contribution in [3.05, 3.63) is 95.1 Å². The molecule has 0 unspecified atom stereocenters. The maximum Gasteiger partial charge on any atom is 0.329 e. The van der Waals surface area contributed by atoms with Crippen LogP contribution in [0.25, 0.3) is 0 Å². The summed E-state index contributed by atoms with van der Waals surface area (Å²) in [5, 5.41) is 9.21. The van der Waals surface area contributed by atoms with Gasteiger partial charge in [0, 0.05) is 12.2 Å². The summed E-state index contributed by atoms with van der Waals surface area (Å²) in [6, 6.07) is 22.0. The smallest absolute Gasteiger partial charge is 0.329 e. The number of ether oxygens (including phenoxy) is 1. The van der Waals surface area contributed by atoms with Crippen molar-refractivity contribution in [3.8, 4) is 5.75 Å². The molecular formula is C26H26N4O4. The van der Waals surface area contributed by atoms with Gasteiger partial charge in [-0.3, -0.25) is 14.4 Å². The summed E-state index contributed by atoms with van der Waals surface area (Å²) in [6.45, 7) is 4.03. The first kappa shape index (κ1) is 24.2. The lowest BCUT2D eigenvalue weighted by Crippen LogP contribution is -2.32. The van der Waals surface area contributed by atoms with Gasteiger partial charge in [-0.2, -0.15) is 5.10 Å². The van der Waals surface area contributed by atoms with Crippen LogP contribution in [0.2, 0.25) is 0 Å². The number of benzene rings is 3. The number of hydrogen-bond acceptors (Lipinski definition) is 5. The Bertz CT molecular complexity index is 1150. The van der Waals surface area contributed by atoms with Gasteiger partial charge in [-0.05, 0) is 60.4 Å². The van der Waals surface area contributed by atoms with Crippen molar-refractivity contribution < 1.29 is 19.1 Å². The molecule has 3 N–H and O–H groups in total. The molecule has 3 aromatic rings. The molecule has 0 saturated heterocycles. The van der Waals surface area contributed by atoms with E-state index in [1.54, 1.807) is 24.3 Å². The van der Waals surface area contributed by atoms with Gasteiger partial charge in [0.2, 0.25) is 0 Å². The zero-order chi connectivity index (χ0) is 24.3. The van der Waals surface area contributed by atoms with Crippen LogP contribution in [0.3, 0.4) is 0 Å². The highest BCUT2D eigenvalue weighted by molar-refractivity contribution is 6.39. The van der Waals surface area contributed by atoms with Crippen LogP contribution >= 0.6 is 0 Å². The highest BCUT2D eigenvalue weighted by Gasteiger charge is 2.15. The number of carbonyl (C=O) groups excluding carboxylic acids is 3. The largest absolute Gasteiger partial charge is 0.484 e. The molecule has 0 heterocycles. The van der Waals surface area contributed by atoms with Crippen LogP contribution in [0, 0.1) is 13.8 Å². The standard InChI is InChI=1S/C26H26N4O4/c1-18-7-6-8-19(2)24(18)29-25(32)26(33)30-28-16-21-11-13-22(14-12-21)34-17-23(31)27-15-20-9-4-3-5-10-20/h3-14,16H,15,17H2,1-2H3,(H,27,31)(H,29,32)(H,30,33)/b28-16-. The van der Waals surface area contributed by atoms with Gasteiger partial charge < -0.3 is 15.4 Å². The number of hydrazone groups is 1. The fourth-order valence-electron chi connectivity index (χ4n) is 3.04. The van der Waals surface area contributed by atoms with Gasteiger partial charge in [-0.25, -0.2) is 5.43 Å². The van der Waals surface area contributed by atoms with Crippen LogP contribution in [-0.4, -0.2) is 30.5 Å². The summed E-state index contributed by atoms with van der Waals surface area (Å²) in [5.41, 5.74) is 6.22. The minimum atomic E-state index is -0.875. The third kappa shape index (κ3) is 7.30. The Morgan fingerprint density at radius 1 is 0.853 bits per heavy atom. The van der Waals surface area contributed by atoms with E-state index < -0.39 is 11.8 Å². The first-order valence-electron chi connectivity index (χ1n) is 10.7. The molecule has 3 amide bonds. The summed E-state index contributed by atoms with van der Waals surface area (Å²) < 4.78 is 5.48. The monoisotopic (exact) mass is 458 g/mol. The second-order valence-corrected chi connectivity index (χ2v) is 7.54. The third-order valence-electron chi connectivity index (χ3n) is 4.89. The van der Waals surface area contributed by atoms with E-state index in [9.17, 15) is 14.4 Å². The van der Waals surface area contributed by atoms with Crippen molar-refractivity contribution in [1.82, 2.24) is 10.7 Å². The molecule has 0 aromatic heterocycles. The fraction of sp³-hybridized carbons (Fsp3) is 0.154. The molecule has 0 fully saturated rings. The Kier molecular flexibility index (Phi) is 8.51. The molecule has 0 atom stereocenters. The van der Waals surface area contributed by atoms with Crippen molar-refractivity contribution in [3.63, 3.8) is 0 Å². The van der Waals surface area contributed by atoms with Crippen LogP contribution in [0.1, 0.15) is 22.3 Å². The average molecular weight is 459 g/mol. The molecule has 3 aromatic carbocycles. The van der Waals surface area contributed by atoms with Gasteiger partial charge in [-0.15, -0.1) is 0 Å². The third-order valence-corrected chi connectivity index (χ3v) is 4.89. The maximum atomic E-state index is 12.1. The van der Waals surface area contributed by atoms with Gasteiger partial charge in [0.25, 0.3) is 5.91 Å². The van der Waals surface area contributed by atoms with Crippen LogP contribution < -0.4 is 20.8 Å². The Labute approximate surface area is 198 Å². The lowest BCUT2D eigenvalue weighted by molar-refractivity contribution is -0.136. The van der Waals surface area contributed by atoms with E-state index in [0.29, 0.717) is 23.5 Å². The quantitative estimate of drug-likeness (QED) is 0.274. The predicted octanol–water partition coefficient (Wildman–Crippen LogP) is 3.09. The molecule has 0 bridgehead atoms. The number of anilines is 1. The molecular weight excluding hydrogens is 432 g/mol. The SMILES string of the molecule is Cc1cccc(C)c1NC(=O)C(=O)N/N=C\c1ccc(OCC(=O)NCc2ccccc2)cc1. The molecule has 8 heteroatoms. The molecule has 0 aliphatic rings. The van der Waals surface area contributed by atoms with Crippen molar-refractivity contribution in [2.75, 3.05) is 11.9 Å². The highest BCUT2D eigenvalue weighted by Crippen LogP contribution is 2.19. The molecule has 174 valence electrons. The summed E-state index contributed by atoms with van der Waals surface area (Å²) in [4.78, 5) is 36.1. The number of hydrogen-bond donors (Lipinski definition) is 3. The Morgan fingerprint density at radius 3 is 2.21 bits per heavy atom. The summed E-state index contributed by atoms with van der Waals surface area (Å²) in [6.07, 6.45) is 1.40. The number of aryl methyl sites for hydroxylation is 2. The van der Waals surface area contributed by atoms with Gasteiger partial charge in [-0.1, -0.05) is 48.5 Å². The summed E-state index contributed by atoms with van der Waals surface area (Å²) in [5.74, 6) is -1.38. The van der Waals surface area contributed by atoms with Gasteiger partial charge in [0.05, 0.1) is 6.21 Å². The van der Waals surface area contributed by atoms with E-state index >= 15 is 0 Å². The zero-order valence-corrected chi connectivity index (χ0v) is 19.0. The Hall–Kier alpha value is -4.46. The molecule has 0 aliphatic carbocycles. The lowest BCUT2D eigenvalue weighted by atomic mass is 10.1. The van der Waals surface area contributed by atoms with Crippen molar-refractivity contribution in [2.24, 2.45) is 5.10 Å². The molecule has 34 heavy (non-hydrogen) atoms. The molecule has 0 radical (unpaired) electrons. The number of nitrogens with zero attached hydrogens (tertiary/aromatic N) is 1. The van der Waals surface area contributed by atoms with Crippen molar-refractivity contribution >= 4 is 29.6 Å². The topological polar surface area (TPSA) is 109 Å².